The van der Waals surface area contributed by atoms with Gasteiger partial charge in [-0.05, 0) is 19.9 Å². The normalized spacial score (nSPS) is 13.1. The van der Waals surface area contributed by atoms with Crippen LogP contribution in [0.4, 0.5) is 0 Å². The lowest BCUT2D eigenvalue weighted by atomic mass is 10.3. The average molecular weight is 379 g/mol. The Morgan fingerprint density at radius 2 is 2.04 bits per heavy atom. The molecule has 2 aromatic rings. The maximum absolute atomic E-state index is 12.6. The fourth-order valence-corrected chi connectivity index (χ4v) is 4.12. The molecule has 10 heteroatoms. The largest absolute Gasteiger partial charge is 0.495 e. The van der Waals surface area contributed by atoms with Gasteiger partial charge in [-0.1, -0.05) is 23.2 Å². The maximum atomic E-state index is 12.6. The number of nitrogens with one attached hydrogen (secondary N) is 1. The Bertz CT molecular complexity index is 808. The molecule has 0 fully saturated rings. The lowest BCUT2D eigenvalue weighted by Crippen LogP contribution is -2.29. The van der Waals surface area contributed by atoms with Crippen molar-refractivity contribution in [1.29, 1.82) is 0 Å². The number of rotatable bonds is 6. The third kappa shape index (κ3) is 3.77. The Morgan fingerprint density at radius 3 is 2.65 bits per heavy atom. The number of hydrogen-bond acceptors (Lipinski definition) is 5. The first-order chi connectivity index (χ1) is 10.8. The molecular formula is C13H16Cl2N4O3S. The third-order valence-corrected chi connectivity index (χ3v) is 5.46. The summed E-state index contributed by atoms with van der Waals surface area (Å²) < 4.78 is 34.3. The second kappa shape index (κ2) is 7.04. The van der Waals surface area contributed by atoms with E-state index in [0.717, 1.165) is 0 Å². The number of hydrogen-bond donors (Lipinski definition) is 1. The fourth-order valence-electron chi connectivity index (χ4n) is 2.07. The molecule has 1 atom stereocenters. The van der Waals surface area contributed by atoms with Crippen molar-refractivity contribution in [1.82, 2.24) is 19.5 Å². The molecule has 1 aromatic carbocycles. The van der Waals surface area contributed by atoms with E-state index in [4.69, 9.17) is 27.9 Å². The van der Waals surface area contributed by atoms with Crippen LogP contribution in [0.1, 0.15) is 25.7 Å². The van der Waals surface area contributed by atoms with Crippen LogP contribution in [0.5, 0.6) is 5.75 Å². The summed E-state index contributed by atoms with van der Waals surface area (Å²) in [6, 6.07) is 2.03. The molecule has 23 heavy (non-hydrogen) atoms. The van der Waals surface area contributed by atoms with E-state index in [1.54, 1.807) is 11.6 Å². The number of methoxy groups -OCH3 is 1. The Hall–Kier alpha value is -1.35. The molecule has 1 heterocycles. The molecule has 0 saturated carbocycles. The molecule has 0 bridgehead atoms. The number of nitrogens with zero attached hydrogens (tertiary/aromatic N) is 3. The summed E-state index contributed by atoms with van der Waals surface area (Å²) in [6.45, 7) is 4.14. The highest BCUT2D eigenvalue weighted by atomic mass is 35.5. The van der Waals surface area contributed by atoms with Gasteiger partial charge < -0.3 is 4.74 Å². The van der Waals surface area contributed by atoms with Crippen LogP contribution in [0, 0.1) is 0 Å². The summed E-state index contributed by atoms with van der Waals surface area (Å²) in [7, 11) is -2.47. The minimum Gasteiger partial charge on any atom is -0.495 e. The summed E-state index contributed by atoms with van der Waals surface area (Å²) >= 11 is 12.0. The maximum Gasteiger partial charge on any atom is 0.242 e. The van der Waals surface area contributed by atoms with E-state index < -0.39 is 16.1 Å². The van der Waals surface area contributed by atoms with Crippen LogP contribution in [0.25, 0.3) is 0 Å². The van der Waals surface area contributed by atoms with Crippen molar-refractivity contribution in [3.8, 4) is 5.75 Å². The van der Waals surface area contributed by atoms with Crippen LogP contribution in [-0.4, -0.2) is 30.3 Å². The van der Waals surface area contributed by atoms with Crippen LogP contribution >= 0.6 is 23.2 Å². The van der Waals surface area contributed by atoms with Gasteiger partial charge in [0.05, 0.1) is 23.2 Å². The Kier molecular flexibility index (Phi) is 5.51. The number of aryl methyl sites for hydroxylation is 1. The molecule has 1 unspecified atom stereocenters. The van der Waals surface area contributed by atoms with Gasteiger partial charge in [-0.15, -0.1) is 0 Å². The van der Waals surface area contributed by atoms with Gasteiger partial charge in [0, 0.05) is 12.6 Å². The van der Waals surface area contributed by atoms with Gasteiger partial charge in [0.15, 0.2) is 0 Å². The average Bonchev–Trinajstić information content (AvgIpc) is 2.97. The molecule has 126 valence electrons. The van der Waals surface area contributed by atoms with Crippen LogP contribution in [0.15, 0.2) is 23.4 Å². The fraction of sp³-hybridized carbons (Fsp3) is 0.385. The molecule has 7 nitrogen and oxygen atoms in total. The SMILES string of the molecule is CCn1ncnc1C(C)NS(=O)(=O)c1cc(Cl)c(OC)cc1Cl. The van der Waals surface area contributed by atoms with Gasteiger partial charge in [0.1, 0.15) is 22.8 Å². The van der Waals surface area contributed by atoms with Gasteiger partial charge >= 0.3 is 0 Å². The van der Waals surface area contributed by atoms with Crippen molar-refractivity contribution >= 4 is 33.2 Å². The quantitative estimate of drug-likeness (QED) is 0.834. The third-order valence-electron chi connectivity index (χ3n) is 3.16. The Labute approximate surface area is 144 Å². The van der Waals surface area contributed by atoms with E-state index in [-0.39, 0.29) is 14.9 Å². The highest BCUT2D eigenvalue weighted by molar-refractivity contribution is 7.89. The second-order valence-corrected chi connectivity index (χ2v) is 7.19. The minimum absolute atomic E-state index is 0.0166. The first kappa shape index (κ1) is 18.0. The molecule has 0 aliphatic carbocycles. The van der Waals surface area contributed by atoms with Gasteiger partial charge in [0.2, 0.25) is 10.0 Å². The molecule has 0 amide bonds. The van der Waals surface area contributed by atoms with Crippen molar-refractivity contribution in [2.75, 3.05) is 7.11 Å². The lowest BCUT2D eigenvalue weighted by molar-refractivity contribution is 0.414. The minimum atomic E-state index is -3.89. The number of aromatic nitrogens is 3. The highest BCUT2D eigenvalue weighted by Gasteiger charge is 2.25. The Morgan fingerprint density at radius 1 is 1.35 bits per heavy atom. The van der Waals surface area contributed by atoms with Crippen molar-refractivity contribution in [3.05, 3.63) is 34.3 Å². The zero-order valence-corrected chi connectivity index (χ0v) is 15.1. The smallest absolute Gasteiger partial charge is 0.242 e. The number of sulfonamides is 1. The Balaban J connectivity index is 2.34. The van der Waals surface area contributed by atoms with Crippen molar-refractivity contribution in [2.45, 2.75) is 31.3 Å². The molecule has 0 aliphatic heterocycles. The van der Waals surface area contributed by atoms with Gasteiger partial charge in [-0.2, -0.15) is 5.10 Å². The first-order valence-corrected chi connectivity index (χ1v) is 8.97. The van der Waals surface area contributed by atoms with Crippen LogP contribution in [0.3, 0.4) is 0 Å². The standard InChI is InChI=1S/C13H16Cl2N4O3S/c1-4-19-13(16-7-17-19)8(2)18-23(20,21)12-6-9(14)11(22-3)5-10(12)15/h5-8,18H,4H2,1-3H3. The van der Waals surface area contributed by atoms with Gasteiger partial charge in [-0.3, -0.25) is 0 Å². The summed E-state index contributed by atoms with van der Waals surface area (Å²) in [5.41, 5.74) is 0. The zero-order chi connectivity index (χ0) is 17.2. The first-order valence-electron chi connectivity index (χ1n) is 6.73. The number of ether oxygens (including phenoxy) is 1. The molecular weight excluding hydrogens is 363 g/mol. The summed E-state index contributed by atoms with van der Waals surface area (Å²) in [6.07, 6.45) is 1.38. The molecule has 1 N–H and O–H groups in total. The lowest BCUT2D eigenvalue weighted by Gasteiger charge is -2.16. The van der Waals surface area contributed by atoms with E-state index in [1.807, 2.05) is 6.92 Å². The van der Waals surface area contributed by atoms with E-state index in [0.29, 0.717) is 18.1 Å². The van der Waals surface area contributed by atoms with E-state index in [1.165, 1.54) is 25.6 Å². The molecule has 2 rings (SSSR count). The second-order valence-electron chi connectivity index (χ2n) is 4.69. The van der Waals surface area contributed by atoms with Gasteiger partial charge in [0.25, 0.3) is 0 Å². The molecule has 1 aromatic heterocycles. The summed E-state index contributed by atoms with van der Waals surface area (Å²) in [4.78, 5) is 3.95. The molecule has 0 spiro atoms. The summed E-state index contributed by atoms with van der Waals surface area (Å²) in [5.74, 6) is 0.807. The zero-order valence-electron chi connectivity index (χ0n) is 12.7. The van der Waals surface area contributed by atoms with Crippen molar-refractivity contribution in [2.24, 2.45) is 0 Å². The van der Waals surface area contributed by atoms with Crippen molar-refractivity contribution in [3.63, 3.8) is 0 Å². The predicted molar refractivity (Wildman–Crippen MR) is 87.4 cm³/mol. The number of halogens is 2. The van der Waals surface area contributed by atoms with Crippen LogP contribution in [-0.2, 0) is 16.6 Å². The highest BCUT2D eigenvalue weighted by Crippen LogP contribution is 2.33. The van der Waals surface area contributed by atoms with E-state index in [2.05, 4.69) is 14.8 Å². The summed E-state index contributed by atoms with van der Waals surface area (Å²) in [5, 5.41) is 4.19. The van der Waals surface area contributed by atoms with Crippen LogP contribution < -0.4 is 9.46 Å². The van der Waals surface area contributed by atoms with Crippen LogP contribution in [0.2, 0.25) is 10.0 Å². The van der Waals surface area contributed by atoms with E-state index >= 15 is 0 Å². The van der Waals surface area contributed by atoms with Gasteiger partial charge in [-0.25, -0.2) is 22.8 Å². The van der Waals surface area contributed by atoms with E-state index in [9.17, 15) is 8.42 Å². The number of benzene rings is 1. The molecule has 0 saturated heterocycles. The molecule has 0 aliphatic rings. The topological polar surface area (TPSA) is 86.1 Å². The molecule has 0 radical (unpaired) electrons. The predicted octanol–water partition coefficient (Wildman–Crippen LogP) is 2.65. The van der Waals surface area contributed by atoms with Crippen molar-refractivity contribution < 1.29 is 13.2 Å². The monoisotopic (exact) mass is 378 g/mol.